The van der Waals surface area contributed by atoms with Crippen LogP contribution in [0.1, 0.15) is 18.9 Å². The standard InChI is InChI=1S/C13H17NO/c1-4-10-14(13(15)5-2)12-9-7-6-8-11(12)3/h5-9H,2,4,10H2,1,3H3. The molecule has 2 heteroatoms. The normalized spacial score (nSPS) is 9.73. The summed E-state index contributed by atoms with van der Waals surface area (Å²) in [6.45, 7) is 8.33. The van der Waals surface area contributed by atoms with Gasteiger partial charge in [-0.2, -0.15) is 0 Å². The average molecular weight is 203 g/mol. The number of benzene rings is 1. The van der Waals surface area contributed by atoms with Crippen molar-refractivity contribution in [2.24, 2.45) is 0 Å². The lowest BCUT2D eigenvalue weighted by molar-refractivity contribution is -0.114. The van der Waals surface area contributed by atoms with Gasteiger partial charge in [-0.3, -0.25) is 4.79 Å². The molecule has 0 saturated carbocycles. The van der Waals surface area contributed by atoms with Crippen molar-refractivity contribution in [2.75, 3.05) is 11.4 Å². The summed E-state index contributed by atoms with van der Waals surface area (Å²) in [5, 5.41) is 0. The van der Waals surface area contributed by atoms with Crippen molar-refractivity contribution in [1.29, 1.82) is 0 Å². The number of rotatable bonds is 4. The summed E-state index contributed by atoms with van der Waals surface area (Å²) < 4.78 is 0. The van der Waals surface area contributed by atoms with E-state index < -0.39 is 0 Å². The number of nitrogens with zero attached hydrogens (tertiary/aromatic N) is 1. The molecular weight excluding hydrogens is 186 g/mol. The molecule has 1 rings (SSSR count). The first-order chi connectivity index (χ1) is 7.20. The maximum atomic E-state index is 11.7. The highest BCUT2D eigenvalue weighted by Crippen LogP contribution is 2.19. The van der Waals surface area contributed by atoms with Crippen molar-refractivity contribution in [3.05, 3.63) is 42.5 Å². The number of amides is 1. The highest BCUT2D eigenvalue weighted by molar-refractivity contribution is 6.01. The Morgan fingerprint density at radius 1 is 1.47 bits per heavy atom. The number of para-hydroxylation sites is 1. The van der Waals surface area contributed by atoms with Gasteiger partial charge >= 0.3 is 0 Å². The molecule has 0 fully saturated rings. The molecule has 0 saturated heterocycles. The van der Waals surface area contributed by atoms with Crippen molar-refractivity contribution in [3.63, 3.8) is 0 Å². The van der Waals surface area contributed by atoms with Gasteiger partial charge in [0.05, 0.1) is 0 Å². The fourth-order valence-corrected chi connectivity index (χ4v) is 1.55. The number of carbonyl (C=O) groups excluding carboxylic acids is 1. The molecule has 0 atom stereocenters. The van der Waals surface area contributed by atoms with Crippen LogP contribution in [0.15, 0.2) is 36.9 Å². The summed E-state index contributed by atoms with van der Waals surface area (Å²) in [5.74, 6) is -0.0360. The minimum Gasteiger partial charge on any atom is -0.309 e. The van der Waals surface area contributed by atoms with Crippen LogP contribution < -0.4 is 4.90 Å². The van der Waals surface area contributed by atoms with Crippen LogP contribution in [0.2, 0.25) is 0 Å². The van der Waals surface area contributed by atoms with Crippen LogP contribution in [0, 0.1) is 6.92 Å². The quantitative estimate of drug-likeness (QED) is 0.689. The van der Waals surface area contributed by atoms with Crippen LogP contribution in [0.3, 0.4) is 0 Å². The van der Waals surface area contributed by atoms with Gasteiger partial charge in [-0.05, 0) is 31.1 Å². The van der Waals surface area contributed by atoms with E-state index in [4.69, 9.17) is 0 Å². The molecule has 80 valence electrons. The van der Waals surface area contributed by atoms with Crippen molar-refractivity contribution >= 4 is 11.6 Å². The Bertz CT molecular complexity index is 357. The predicted molar refractivity (Wildman–Crippen MR) is 64.0 cm³/mol. The van der Waals surface area contributed by atoms with E-state index >= 15 is 0 Å². The third-order valence-corrected chi connectivity index (χ3v) is 2.29. The van der Waals surface area contributed by atoms with E-state index in [1.54, 1.807) is 4.90 Å². The summed E-state index contributed by atoms with van der Waals surface area (Å²) in [6, 6.07) is 7.89. The van der Waals surface area contributed by atoms with Crippen LogP contribution in [-0.4, -0.2) is 12.5 Å². The summed E-state index contributed by atoms with van der Waals surface area (Å²) in [7, 11) is 0. The zero-order chi connectivity index (χ0) is 11.3. The minimum atomic E-state index is -0.0360. The molecule has 0 bridgehead atoms. The van der Waals surface area contributed by atoms with Crippen LogP contribution >= 0.6 is 0 Å². The summed E-state index contributed by atoms with van der Waals surface area (Å²) in [4.78, 5) is 13.4. The fourth-order valence-electron chi connectivity index (χ4n) is 1.55. The molecule has 0 aliphatic heterocycles. The number of hydrogen-bond acceptors (Lipinski definition) is 1. The molecule has 1 aromatic rings. The van der Waals surface area contributed by atoms with Gasteiger partial charge in [0, 0.05) is 12.2 Å². The summed E-state index contributed by atoms with van der Waals surface area (Å²) in [5.41, 5.74) is 2.09. The molecule has 0 unspecified atom stereocenters. The maximum Gasteiger partial charge on any atom is 0.250 e. The first-order valence-corrected chi connectivity index (χ1v) is 5.20. The summed E-state index contributed by atoms with van der Waals surface area (Å²) >= 11 is 0. The number of aryl methyl sites for hydroxylation is 1. The highest BCUT2D eigenvalue weighted by Gasteiger charge is 2.12. The van der Waals surface area contributed by atoms with Crippen molar-refractivity contribution < 1.29 is 4.79 Å². The molecule has 1 amide bonds. The van der Waals surface area contributed by atoms with E-state index in [1.807, 2.05) is 31.2 Å². The molecule has 0 aliphatic carbocycles. The lowest BCUT2D eigenvalue weighted by Crippen LogP contribution is -2.30. The van der Waals surface area contributed by atoms with Gasteiger partial charge in [0.2, 0.25) is 5.91 Å². The van der Waals surface area contributed by atoms with Crippen molar-refractivity contribution in [2.45, 2.75) is 20.3 Å². The number of anilines is 1. The summed E-state index contributed by atoms with van der Waals surface area (Å²) in [6.07, 6.45) is 2.30. The maximum absolute atomic E-state index is 11.7. The first kappa shape index (κ1) is 11.5. The van der Waals surface area contributed by atoms with Crippen LogP contribution in [0.5, 0.6) is 0 Å². The molecule has 0 N–H and O–H groups in total. The van der Waals surface area contributed by atoms with Gasteiger partial charge in [0.1, 0.15) is 0 Å². The fraction of sp³-hybridized carbons (Fsp3) is 0.308. The Balaban J connectivity index is 3.03. The highest BCUT2D eigenvalue weighted by atomic mass is 16.2. The van der Waals surface area contributed by atoms with Gasteiger partial charge in [-0.1, -0.05) is 31.7 Å². The monoisotopic (exact) mass is 203 g/mol. The first-order valence-electron chi connectivity index (χ1n) is 5.20. The molecule has 0 heterocycles. The molecular formula is C13H17NO. The van der Waals surface area contributed by atoms with E-state index in [-0.39, 0.29) is 5.91 Å². The predicted octanol–water partition coefficient (Wildman–Crippen LogP) is 2.92. The Morgan fingerprint density at radius 2 is 2.13 bits per heavy atom. The Labute approximate surface area is 91.2 Å². The second-order valence-corrected chi connectivity index (χ2v) is 3.48. The van der Waals surface area contributed by atoms with E-state index in [1.165, 1.54) is 6.08 Å². The lowest BCUT2D eigenvalue weighted by Gasteiger charge is -2.22. The van der Waals surface area contributed by atoms with Crippen LogP contribution in [0.25, 0.3) is 0 Å². The minimum absolute atomic E-state index is 0.0360. The SMILES string of the molecule is C=CC(=O)N(CCC)c1ccccc1C. The van der Waals surface area contributed by atoms with Gasteiger partial charge in [0.15, 0.2) is 0 Å². The van der Waals surface area contributed by atoms with E-state index in [2.05, 4.69) is 13.5 Å². The van der Waals surface area contributed by atoms with E-state index in [0.717, 1.165) is 24.2 Å². The molecule has 0 spiro atoms. The molecule has 0 radical (unpaired) electrons. The van der Waals surface area contributed by atoms with Crippen molar-refractivity contribution in [3.8, 4) is 0 Å². The van der Waals surface area contributed by atoms with Crippen molar-refractivity contribution in [1.82, 2.24) is 0 Å². The largest absolute Gasteiger partial charge is 0.309 e. The zero-order valence-corrected chi connectivity index (χ0v) is 9.36. The molecule has 0 aliphatic rings. The van der Waals surface area contributed by atoms with Gasteiger partial charge in [0.25, 0.3) is 0 Å². The van der Waals surface area contributed by atoms with Gasteiger partial charge in [-0.15, -0.1) is 0 Å². The second-order valence-electron chi connectivity index (χ2n) is 3.48. The number of carbonyl (C=O) groups is 1. The lowest BCUT2D eigenvalue weighted by atomic mass is 10.1. The Kier molecular flexibility index (Phi) is 4.10. The average Bonchev–Trinajstić information content (AvgIpc) is 2.26. The molecule has 0 aromatic heterocycles. The zero-order valence-electron chi connectivity index (χ0n) is 9.36. The topological polar surface area (TPSA) is 20.3 Å². The Morgan fingerprint density at radius 3 is 2.67 bits per heavy atom. The van der Waals surface area contributed by atoms with E-state index in [9.17, 15) is 4.79 Å². The van der Waals surface area contributed by atoms with Gasteiger partial charge in [-0.25, -0.2) is 0 Å². The van der Waals surface area contributed by atoms with Gasteiger partial charge < -0.3 is 4.90 Å². The number of hydrogen-bond donors (Lipinski definition) is 0. The third-order valence-electron chi connectivity index (χ3n) is 2.29. The third kappa shape index (κ3) is 2.69. The molecule has 15 heavy (non-hydrogen) atoms. The van der Waals surface area contributed by atoms with E-state index in [0.29, 0.717) is 0 Å². The molecule has 2 nitrogen and oxygen atoms in total. The molecule has 1 aromatic carbocycles. The van der Waals surface area contributed by atoms with Crippen LogP contribution in [0.4, 0.5) is 5.69 Å². The Hall–Kier alpha value is -1.57. The second kappa shape index (κ2) is 5.35. The van der Waals surface area contributed by atoms with Crippen LogP contribution in [-0.2, 0) is 4.79 Å². The smallest absolute Gasteiger partial charge is 0.250 e.